The van der Waals surface area contributed by atoms with Gasteiger partial charge in [-0.3, -0.25) is 9.67 Å². The van der Waals surface area contributed by atoms with Crippen molar-refractivity contribution < 1.29 is 5.11 Å². The molecule has 2 aromatic rings. The Morgan fingerprint density at radius 2 is 1.95 bits per heavy atom. The Morgan fingerprint density at radius 1 is 1.21 bits per heavy atom. The maximum Gasteiger partial charge on any atom is 0.0847 e. The lowest BCUT2D eigenvalue weighted by Gasteiger charge is -2.10. The standard InChI is InChI=1S/C15H19N3O/c19-15(12-5-8-16-9-6-12)11-13-7-10-18(17-13)14-3-1-2-4-14/h5-10,14-15,19H,1-4,11H2. The Balaban J connectivity index is 1.66. The second kappa shape index (κ2) is 5.53. The van der Waals surface area contributed by atoms with Gasteiger partial charge in [-0.2, -0.15) is 5.10 Å². The van der Waals surface area contributed by atoms with Crippen molar-refractivity contribution in [1.82, 2.24) is 14.8 Å². The number of aliphatic hydroxyl groups excluding tert-OH is 1. The highest BCUT2D eigenvalue weighted by molar-refractivity contribution is 5.15. The minimum Gasteiger partial charge on any atom is -0.388 e. The fraction of sp³-hybridized carbons (Fsp3) is 0.467. The van der Waals surface area contributed by atoms with Crippen molar-refractivity contribution in [2.75, 3.05) is 0 Å². The monoisotopic (exact) mass is 257 g/mol. The molecular weight excluding hydrogens is 238 g/mol. The topological polar surface area (TPSA) is 50.9 Å². The van der Waals surface area contributed by atoms with Gasteiger partial charge in [-0.1, -0.05) is 12.8 Å². The fourth-order valence-corrected chi connectivity index (χ4v) is 2.76. The fourth-order valence-electron chi connectivity index (χ4n) is 2.76. The van der Waals surface area contributed by atoms with Crippen LogP contribution in [0, 0.1) is 0 Å². The molecule has 1 atom stereocenters. The molecule has 0 saturated heterocycles. The van der Waals surface area contributed by atoms with Gasteiger partial charge in [0.25, 0.3) is 0 Å². The Labute approximate surface area is 113 Å². The summed E-state index contributed by atoms with van der Waals surface area (Å²) in [6, 6.07) is 6.27. The molecule has 4 nitrogen and oxygen atoms in total. The molecule has 0 aromatic carbocycles. The largest absolute Gasteiger partial charge is 0.388 e. The van der Waals surface area contributed by atoms with E-state index in [1.807, 2.05) is 24.4 Å². The molecule has 2 heterocycles. The van der Waals surface area contributed by atoms with E-state index >= 15 is 0 Å². The third-order valence-corrected chi connectivity index (χ3v) is 3.86. The SMILES string of the molecule is OC(Cc1ccn(C2CCCC2)n1)c1ccncc1. The summed E-state index contributed by atoms with van der Waals surface area (Å²) in [7, 11) is 0. The van der Waals surface area contributed by atoms with Crippen molar-refractivity contribution in [3.8, 4) is 0 Å². The number of nitrogens with zero attached hydrogens (tertiary/aromatic N) is 3. The van der Waals surface area contributed by atoms with Gasteiger partial charge in [0.1, 0.15) is 0 Å². The number of aliphatic hydroxyl groups is 1. The Bertz CT molecular complexity index is 517. The first-order valence-corrected chi connectivity index (χ1v) is 6.95. The maximum atomic E-state index is 10.2. The molecule has 0 aliphatic heterocycles. The van der Waals surface area contributed by atoms with Crippen LogP contribution in [0.1, 0.15) is 49.1 Å². The number of aromatic nitrogens is 3. The van der Waals surface area contributed by atoms with Gasteiger partial charge < -0.3 is 5.11 Å². The van der Waals surface area contributed by atoms with E-state index in [0.717, 1.165) is 11.3 Å². The van der Waals surface area contributed by atoms with Crippen LogP contribution < -0.4 is 0 Å². The van der Waals surface area contributed by atoms with Crippen molar-refractivity contribution in [3.05, 3.63) is 48.0 Å². The first-order valence-electron chi connectivity index (χ1n) is 6.95. The highest BCUT2D eigenvalue weighted by Crippen LogP contribution is 2.29. The van der Waals surface area contributed by atoms with Crippen LogP contribution in [0.15, 0.2) is 36.8 Å². The summed E-state index contributed by atoms with van der Waals surface area (Å²) < 4.78 is 2.07. The van der Waals surface area contributed by atoms with Gasteiger partial charge in [-0.15, -0.1) is 0 Å². The zero-order valence-electron chi connectivity index (χ0n) is 10.9. The summed E-state index contributed by atoms with van der Waals surface area (Å²) >= 11 is 0. The summed E-state index contributed by atoms with van der Waals surface area (Å²) in [5.74, 6) is 0. The number of rotatable bonds is 4. The van der Waals surface area contributed by atoms with Gasteiger partial charge in [0.2, 0.25) is 0 Å². The van der Waals surface area contributed by atoms with E-state index < -0.39 is 6.10 Å². The molecule has 0 bridgehead atoms. The van der Waals surface area contributed by atoms with E-state index in [2.05, 4.69) is 14.8 Å². The van der Waals surface area contributed by atoms with Gasteiger partial charge in [0, 0.05) is 25.0 Å². The van der Waals surface area contributed by atoms with E-state index in [1.54, 1.807) is 12.4 Å². The van der Waals surface area contributed by atoms with Crippen molar-refractivity contribution in [2.45, 2.75) is 44.2 Å². The summed E-state index contributed by atoms with van der Waals surface area (Å²) in [6.07, 6.45) is 10.6. The molecule has 1 unspecified atom stereocenters. The van der Waals surface area contributed by atoms with E-state index in [1.165, 1.54) is 25.7 Å². The lowest BCUT2D eigenvalue weighted by Crippen LogP contribution is -2.07. The van der Waals surface area contributed by atoms with Gasteiger partial charge in [0.15, 0.2) is 0 Å². The Hall–Kier alpha value is -1.68. The Kier molecular flexibility index (Phi) is 3.60. The third-order valence-electron chi connectivity index (χ3n) is 3.86. The first-order chi connectivity index (χ1) is 9.33. The van der Waals surface area contributed by atoms with Gasteiger partial charge in [-0.25, -0.2) is 0 Å². The molecule has 1 saturated carbocycles. The zero-order valence-corrected chi connectivity index (χ0v) is 10.9. The van der Waals surface area contributed by atoms with Gasteiger partial charge in [0.05, 0.1) is 17.8 Å². The average Bonchev–Trinajstić information content (AvgIpc) is 3.10. The van der Waals surface area contributed by atoms with Crippen LogP contribution in [0.25, 0.3) is 0 Å². The second-order valence-corrected chi connectivity index (χ2v) is 5.23. The normalized spacial score (nSPS) is 17.7. The lowest BCUT2D eigenvalue weighted by molar-refractivity contribution is 0.176. The predicted octanol–water partition coefficient (Wildman–Crippen LogP) is 2.67. The number of hydrogen-bond acceptors (Lipinski definition) is 3. The van der Waals surface area contributed by atoms with Gasteiger partial charge >= 0.3 is 0 Å². The van der Waals surface area contributed by atoms with Crippen LogP contribution in [0.2, 0.25) is 0 Å². The molecule has 100 valence electrons. The number of pyridine rings is 1. The lowest BCUT2D eigenvalue weighted by atomic mass is 10.1. The van der Waals surface area contributed by atoms with E-state index in [0.29, 0.717) is 12.5 Å². The van der Waals surface area contributed by atoms with Crippen molar-refractivity contribution in [2.24, 2.45) is 0 Å². The molecule has 0 spiro atoms. The highest BCUT2D eigenvalue weighted by Gasteiger charge is 2.18. The molecule has 1 fully saturated rings. The molecule has 3 rings (SSSR count). The van der Waals surface area contributed by atoms with Crippen molar-refractivity contribution in [3.63, 3.8) is 0 Å². The van der Waals surface area contributed by atoms with Crippen LogP contribution in [0.5, 0.6) is 0 Å². The molecule has 1 N–H and O–H groups in total. The smallest absolute Gasteiger partial charge is 0.0847 e. The van der Waals surface area contributed by atoms with Crippen molar-refractivity contribution >= 4 is 0 Å². The molecule has 0 amide bonds. The van der Waals surface area contributed by atoms with Crippen LogP contribution in [-0.2, 0) is 6.42 Å². The van der Waals surface area contributed by atoms with E-state index in [4.69, 9.17) is 0 Å². The molecule has 1 aliphatic rings. The van der Waals surface area contributed by atoms with Crippen LogP contribution in [0.4, 0.5) is 0 Å². The van der Waals surface area contributed by atoms with Crippen LogP contribution in [-0.4, -0.2) is 19.9 Å². The van der Waals surface area contributed by atoms with E-state index in [-0.39, 0.29) is 0 Å². The minimum atomic E-state index is -0.505. The average molecular weight is 257 g/mol. The molecule has 19 heavy (non-hydrogen) atoms. The van der Waals surface area contributed by atoms with E-state index in [9.17, 15) is 5.11 Å². The molecule has 1 aliphatic carbocycles. The second-order valence-electron chi connectivity index (χ2n) is 5.23. The summed E-state index contributed by atoms with van der Waals surface area (Å²) in [6.45, 7) is 0. The van der Waals surface area contributed by atoms with Gasteiger partial charge in [-0.05, 0) is 36.6 Å². The Morgan fingerprint density at radius 3 is 2.68 bits per heavy atom. The molecule has 2 aromatic heterocycles. The molecule has 0 radical (unpaired) electrons. The summed E-state index contributed by atoms with van der Waals surface area (Å²) in [5, 5.41) is 14.8. The third kappa shape index (κ3) is 2.84. The van der Waals surface area contributed by atoms with Crippen LogP contribution in [0.3, 0.4) is 0 Å². The summed E-state index contributed by atoms with van der Waals surface area (Å²) in [5.41, 5.74) is 1.85. The quantitative estimate of drug-likeness (QED) is 0.916. The molecule has 4 heteroatoms. The zero-order chi connectivity index (χ0) is 13.1. The minimum absolute atomic E-state index is 0.505. The summed E-state index contributed by atoms with van der Waals surface area (Å²) in [4.78, 5) is 3.96. The molecular formula is C15H19N3O. The van der Waals surface area contributed by atoms with Crippen molar-refractivity contribution in [1.29, 1.82) is 0 Å². The predicted molar refractivity (Wildman–Crippen MR) is 72.6 cm³/mol. The first kappa shape index (κ1) is 12.4. The van der Waals surface area contributed by atoms with Crippen LogP contribution >= 0.6 is 0 Å². The number of hydrogen-bond donors (Lipinski definition) is 1. The maximum absolute atomic E-state index is 10.2. The highest BCUT2D eigenvalue weighted by atomic mass is 16.3.